The fourth-order valence-electron chi connectivity index (χ4n) is 3.58. The van der Waals surface area contributed by atoms with Crippen molar-refractivity contribution in [3.05, 3.63) is 0 Å². The number of nitrogens with zero attached hydrogens (tertiary/aromatic N) is 3. The van der Waals surface area contributed by atoms with Crippen LogP contribution in [-0.2, 0) is 9.63 Å². The quantitative estimate of drug-likeness (QED) is 0.743. The Bertz CT molecular complexity index is 430. The Morgan fingerprint density at radius 3 is 2.86 bits per heavy atom. The maximum atomic E-state index is 12.2. The first-order valence-electron chi connectivity index (χ1n) is 7.73. The highest BCUT2D eigenvalue weighted by Gasteiger charge is 2.45. The number of carbonyl (C=O) groups excluding carboxylic acids is 2. The first-order valence-corrected chi connectivity index (χ1v) is 7.73. The van der Waals surface area contributed by atoms with Crippen LogP contribution in [-0.4, -0.2) is 78.6 Å². The Hall–Kier alpha value is -1.34. The molecule has 0 aromatic carbocycles. The third kappa shape index (κ3) is 2.72. The number of hydrogen-bond donors (Lipinski definition) is 1. The van der Waals surface area contributed by atoms with Gasteiger partial charge in [0.1, 0.15) is 6.04 Å². The molecule has 3 amide bonds. The Labute approximate surface area is 125 Å². The molecule has 7 nitrogen and oxygen atoms in total. The lowest BCUT2D eigenvalue weighted by molar-refractivity contribution is -0.140. The maximum Gasteiger partial charge on any atom is 0.320 e. The third-order valence-corrected chi connectivity index (χ3v) is 5.07. The summed E-state index contributed by atoms with van der Waals surface area (Å²) in [7, 11) is 3.88. The summed E-state index contributed by atoms with van der Waals surface area (Å²) in [5, 5.41) is 0. The summed E-state index contributed by atoms with van der Waals surface area (Å²) in [6, 6.07) is 0.198. The van der Waals surface area contributed by atoms with E-state index in [9.17, 15) is 9.59 Å². The summed E-state index contributed by atoms with van der Waals surface area (Å²) < 4.78 is 0. The number of likely N-dealkylation sites (tertiary alicyclic amines) is 1. The Balaban J connectivity index is 1.48. The standard InChI is InChI=1S/C14H24N4O3/c1-16-7-3-4-11(16)9-21-15-13(19)12-6-5-10-8-18(12)14(20)17(10)2/h10-12H,3-9H2,1-2H3,(H,15,19)/t10-,11-,12+/m1/s1. The van der Waals surface area contributed by atoms with Gasteiger partial charge in [0.25, 0.3) is 5.91 Å². The minimum atomic E-state index is -0.389. The molecule has 0 spiro atoms. The lowest BCUT2D eigenvalue weighted by Gasteiger charge is -2.29. The van der Waals surface area contributed by atoms with Gasteiger partial charge in [0, 0.05) is 19.6 Å². The largest absolute Gasteiger partial charge is 0.323 e. The van der Waals surface area contributed by atoms with Gasteiger partial charge in [0.05, 0.1) is 12.6 Å². The summed E-state index contributed by atoms with van der Waals surface area (Å²) in [5.41, 5.74) is 2.54. The van der Waals surface area contributed by atoms with E-state index in [1.54, 1.807) is 16.8 Å². The number of nitrogens with one attached hydrogen (secondary N) is 1. The molecule has 3 atom stereocenters. The first kappa shape index (κ1) is 14.6. The van der Waals surface area contributed by atoms with Crippen LogP contribution in [0.1, 0.15) is 25.7 Å². The fraction of sp³-hybridized carbons (Fsp3) is 0.857. The first-order chi connectivity index (χ1) is 10.1. The summed E-state index contributed by atoms with van der Waals surface area (Å²) in [6.45, 7) is 2.24. The van der Waals surface area contributed by atoms with Crippen molar-refractivity contribution >= 4 is 11.9 Å². The molecule has 0 aromatic rings. The van der Waals surface area contributed by atoms with Crippen LogP contribution in [0.5, 0.6) is 0 Å². The molecule has 0 unspecified atom stereocenters. The average molecular weight is 296 g/mol. The predicted molar refractivity (Wildman–Crippen MR) is 76.4 cm³/mol. The highest BCUT2D eigenvalue weighted by atomic mass is 16.7. The van der Waals surface area contributed by atoms with Gasteiger partial charge < -0.3 is 14.7 Å². The van der Waals surface area contributed by atoms with Crippen molar-refractivity contribution in [3.8, 4) is 0 Å². The van der Waals surface area contributed by atoms with Gasteiger partial charge in [-0.25, -0.2) is 10.3 Å². The number of amides is 3. The molecule has 3 aliphatic rings. The zero-order chi connectivity index (χ0) is 15.0. The van der Waals surface area contributed by atoms with Gasteiger partial charge in [-0.05, 0) is 39.3 Å². The van der Waals surface area contributed by atoms with Crippen molar-refractivity contribution in [1.29, 1.82) is 0 Å². The van der Waals surface area contributed by atoms with Gasteiger partial charge in [-0.1, -0.05) is 0 Å². The smallest absolute Gasteiger partial charge is 0.320 e. The van der Waals surface area contributed by atoms with E-state index < -0.39 is 0 Å². The van der Waals surface area contributed by atoms with Crippen molar-refractivity contribution in [2.75, 3.05) is 33.8 Å². The summed E-state index contributed by atoms with van der Waals surface area (Å²) >= 11 is 0. The number of hydrogen-bond acceptors (Lipinski definition) is 4. The molecule has 7 heteroatoms. The number of fused-ring (bicyclic) bond motifs is 2. The Kier molecular flexibility index (Phi) is 4.03. The van der Waals surface area contributed by atoms with Gasteiger partial charge in [-0.3, -0.25) is 9.63 Å². The second kappa shape index (κ2) is 5.81. The highest BCUT2D eigenvalue weighted by Crippen LogP contribution is 2.28. The zero-order valence-corrected chi connectivity index (χ0v) is 12.7. The van der Waals surface area contributed by atoms with E-state index >= 15 is 0 Å². The average Bonchev–Trinajstić information content (AvgIpc) is 2.98. The van der Waals surface area contributed by atoms with E-state index in [4.69, 9.17) is 4.84 Å². The Morgan fingerprint density at radius 2 is 2.14 bits per heavy atom. The number of urea groups is 1. The monoisotopic (exact) mass is 296 g/mol. The normalized spacial score (nSPS) is 32.9. The second-order valence-electron chi connectivity index (χ2n) is 6.35. The zero-order valence-electron chi connectivity index (χ0n) is 12.7. The molecule has 3 heterocycles. The topological polar surface area (TPSA) is 65.1 Å². The summed E-state index contributed by atoms with van der Waals surface area (Å²) in [6.07, 6.45) is 3.87. The molecule has 3 rings (SSSR count). The minimum Gasteiger partial charge on any atom is -0.323 e. The van der Waals surface area contributed by atoms with Crippen LogP contribution < -0.4 is 5.48 Å². The minimum absolute atomic E-state index is 0.0480. The van der Waals surface area contributed by atoms with E-state index in [0.29, 0.717) is 25.6 Å². The molecular formula is C14H24N4O3. The van der Waals surface area contributed by atoms with Crippen LogP contribution in [0.25, 0.3) is 0 Å². The second-order valence-corrected chi connectivity index (χ2v) is 6.35. The van der Waals surface area contributed by atoms with Gasteiger partial charge in [0.15, 0.2) is 0 Å². The molecule has 3 aliphatic heterocycles. The number of likely N-dealkylation sites (N-methyl/N-ethyl adjacent to an activating group) is 2. The van der Waals surface area contributed by atoms with Crippen LogP contribution in [0.2, 0.25) is 0 Å². The van der Waals surface area contributed by atoms with Crippen molar-refractivity contribution in [3.63, 3.8) is 0 Å². The summed E-state index contributed by atoms with van der Waals surface area (Å²) in [4.78, 5) is 35.3. The Morgan fingerprint density at radius 1 is 1.33 bits per heavy atom. The molecule has 0 saturated carbocycles. The van der Waals surface area contributed by atoms with E-state index in [2.05, 4.69) is 17.4 Å². The summed E-state index contributed by atoms with van der Waals surface area (Å²) in [5.74, 6) is -0.197. The molecular weight excluding hydrogens is 272 g/mol. The van der Waals surface area contributed by atoms with Crippen molar-refractivity contribution < 1.29 is 14.4 Å². The molecule has 118 valence electrons. The van der Waals surface area contributed by atoms with Gasteiger partial charge in [-0.2, -0.15) is 0 Å². The fourth-order valence-corrected chi connectivity index (χ4v) is 3.58. The number of hydroxylamine groups is 1. The maximum absolute atomic E-state index is 12.2. The lowest BCUT2D eigenvalue weighted by Crippen LogP contribution is -2.50. The molecule has 2 bridgehead atoms. The predicted octanol–water partition coefficient (Wildman–Crippen LogP) is 0.0268. The SMILES string of the molecule is CN1CCC[C@@H]1CONC(=O)[C@@H]1CC[C@@H]2CN1C(=O)N2C. The number of rotatable bonds is 4. The van der Waals surface area contributed by atoms with E-state index in [-0.39, 0.29) is 24.0 Å². The van der Waals surface area contributed by atoms with Crippen molar-refractivity contribution in [2.24, 2.45) is 0 Å². The van der Waals surface area contributed by atoms with E-state index in [0.717, 1.165) is 19.4 Å². The molecule has 1 N–H and O–H groups in total. The van der Waals surface area contributed by atoms with Gasteiger partial charge in [0.2, 0.25) is 0 Å². The molecule has 3 saturated heterocycles. The van der Waals surface area contributed by atoms with Gasteiger partial charge >= 0.3 is 6.03 Å². The van der Waals surface area contributed by atoms with Crippen molar-refractivity contribution in [1.82, 2.24) is 20.2 Å². The van der Waals surface area contributed by atoms with Crippen LogP contribution in [0, 0.1) is 0 Å². The van der Waals surface area contributed by atoms with Crippen LogP contribution in [0.3, 0.4) is 0 Å². The lowest BCUT2D eigenvalue weighted by atomic mass is 10.0. The van der Waals surface area contributed by atoms with Crippen molar-refractivity contribution in [2.45, 2.75) is 43.8 Å². The molecule has 21 heavy (non-hydrogen) atoms. The number of piperidine rings is 1. The van der Waals surface area contributed by atoms with Gasteiger partial charge in [-0.15, -0.1) is 0 Å². The van der Waals surface area contributed by atoms with Crippen LogP contribution in [0.15, 0.2) is 0 Å². The third-order valence-electron chi connectivity index (χ3n) is 5.07. The van der Waals surface area contributed by atoms with E-state index in [1.165, 1.54) is 6.42 Å². The molecule has 0 aromatic heterocycles. The van der Waals surface area contributed by atoms with E-state index in [1.807, 2.05) is 0 Å². The molecule has 0 aliphatic carbocycles. The molecule has 3 fully saturated rings. The number of carbonyl (C=O) groups is 2. The van der Waals surface area contributed by atoms with Crippen LogP contribution in [0.4, 0.5) is 4.79 Å². The molecule has 0 radical (unpaired) electrons. The van der Waals surface area contributed by atoms with Crippen LogP contribution >= 0.6 is 0 Å². The highest BCUT2D eigenvalue weighted by molar-refractivity contribution is 5.88.